The number of carbonyl (C=O) groups excluding carboxylic acids is 1. The zero-order valence-corrected chi connectivity index (χ0v) is 20.0. The summed E-state index contributed by atoms with van der Waals surface area (Å²) in [5.74, 6) is 0.629. The molecule has 3 aromatic carbocycles. The van der Waals surface area contributed by atoms with Crippen LogP contribution in [0, 0.1) is 0 Å². The molecule has 0 bridgehead atoms. The van der Waals surface area contributed by atoms with Gasteiger partial charge in [-0.15, -0.1) is 0 Å². The Labute approximate surface area is 198 Å². The number of hydrazone groups is 1. The molecule has 0 radical (unpaired) electrons. The van der Waals surface area contributed by atoms with E-state index in [0.717, 1.165) is 16.1 Å². The van der Waals surface area contributed by atoms with Crippen molar-refractivity contribution in [2.24, 2.45) is 5.10 Å². The third-order valence-electron chi connectivity index (χ3n) is 4.75. The molecule has 1 atom stereocenters. The second kappa shape index (κ2) is 10.5. The van der Waals surface area contributed by atoms with Crippen LogP contribution in [0.25, 0.3) is 0 Å². The molecule has 3 rings (SSSR count). The van der Waals surface area contributed by atoms with Gasteiger partial charge in [-0.2, -0.15) is 5.10 Å². The number of halogens is 1. The van der Waals surface area contributed by atoms with Gasteiger partial charge in [0.1, 0.15) is 17.5 Å². The Morgan fingerprint density at radius 1 is 0.970 bits per heavy atom. The van der Waals surface area contributed by atoms with Gasteiger partial charge >= 0.3 is 0 Å². The molecule has 0 fully saturated rings. The third kappa shape index (κ3) is 6.57. The Kier molecular flexibility index (Phi) is 7.73. The highest BCUT2D eigenvalue weighted by molar-refractivity contribution is 7.92. The maximum atomic E-state index is 12.7. The fraction of sp³-hybridized carbons (Fsp3) is 0.167. The summed E-state index contributed by atoms with van der Waals surface area (Å²) in [7, 11) is -3.76. The number of para-hydroxylation sites is 1. The second-order valence-electron chi connectivity index (χ2n) is 7.32. The molecule has 3 aromatic rings. The summed E-state index contributed by atoms with van der Waals surface area (Å²) in [5, 5.41) is 4.69. The minimum absolute atomic E-state index is 0.332. The first-order valence-corrected chi connectivity index (χ1v) is 12.3. The molecule has 1 N–H and O–H groups in total. The van der Waals surface area contributed by atoms with E-state index in [1.165, 1.54) is 6.92 Å². The van der Waals surface area contributed by atoms with Gasteiger partial charge in [-0.05, 0) is 67.9 Å². The standard InChI is InChI=1S/C24H24ClN3O4S/c1-17(19-9-11-20(25)12-10-19)26-27-24(29)18(2)28(33(3,30)31)21-13-15-23(16-14-21)32-22-7-5-4-6-8-22/h4-16,18H,1-3H3,(H,27,29)/b26-17-/t18-/m0/s1. The molecule has 0 saturated carbocycles. The molecule has 9 heteroatoms. The topological polar surface area (TPSA) is 88.1 Å². The van der Waals surface area contributed by atoms with E-state index >= 15 is 0 Å². The number of hydrogen-bond acceptors (Lipinski definition) is 5. The fourth-order valence-corrected chi connectivity index (χ4v) is 4.38. The fourth-order valence-electron chi connectivity index (χ4n) is 3.08. The van der Waals surface area contributed by atoms with E-state index in [2.05, 4.69) is 10.5 Å². The van der Waals surface area contributed by atoms with E-state index in [0.29, 0.717) is 27.9 Å². The van der Waals surface area contributed by atoms with Gasteiger partial charge < -0.3 is 4.74 Å². The van der Waals surface area contributed by atoms with Crippen molar-refractivity contribution in [1.82, 2.24) is 5.43 Å². The van der Waals surface area contributed by atoms with E-state index in [1.807, 2.05) is 30.3 Å². The summed E-state index contributed by atoms with van der Waals surface area (Å²) in [6.45, 7) is 3.23. The summed E-state index contributed by atoms with van der Waals surface area (Å²) in [4.78, 5) is 12.7. The van der Waals surface area contributed by atoms with Crippen LogP contribution in [0.3, 0.4) is 0 Å². The Hall–Kier alpha value is -3.36. The lowest BCUT2D eigenvalue weighted by atomic mass is 10.1. The lowest BCUT2D eigenvalue weighted by Crippen LogP contribution is -2.46. The molecule has 0 saturated heterocycles. The van der Waals surface area contributed by atoms with Crippen LogP contribution in [0.1, 0.15) is 19.4 Å². The van der Waals surface area contributed by atoms with Crippen LogP contribution in [0.5, 0.6) is 11.5 Å². The largest absolute Gasteiger partial charge is 0.457 e. The molecule has 7 nitrogen and oxygen atoms in total. The normalized spacial score (nSPS) is 12.7. The van der Waals surface area contributed by atoms with Gasteiger partial charge in [-0.3, -0.25) is 9.10 Å². The number of nitrogens with zero attached hydrogens (tertiary/aromatic N) is 2. The maximum absolute atomic E-state index is 12.7. The quantitative estimate of drug-likeness (QED) is 0.365. The molecule has 0 spiro atoms. The predicted molar refractivity (Wildman–Crippen MR) is 132 cm³/mol. The average molecular weight is 486 g/mol. The van der Waals surface area contributed by atoms with Crippen LogP contribution in [0.15, 0.2) is 84.0 Å². The molecule has 0 heterocycles. The molecular formula is C24H24ClN3O4S. The molecule has 0 aliphatic heterocycles. The van der Waals surface area contributed by atoms with Crippen molar-refractivity contribution in [2.75, 3.05) is 10.6 Å². The first-order valence-electron chi connectivity index (χ1n) is 10.1. The number of benzene rings is 3. The van der Waals surface area contributed by atoms with Crippen molar-refractivity contribution < 1.29 is 17.9 Å². The van der Waals surface area contributed by atoms with Crippen molar-refractivity contribution in [1.29, 1.82) is 0 Å². The second-order valence-corrected chi connectivity index (χ2v) is 9.62. The lowest BCUT2D eigenvalue weighted by Gasteiger charge is -2.27. The molecule has 0 aliphatic carbocycles. The Bertz CT molecular complexity index is 1230. The first-order chi connectivity index (χ1) is 15.6. The zero-order chi connectivity index (χ0) is 24.0. The van der Waals surface area contributed by atoms with Crippen molar-refractivity contribution in [3.05, 3.63) is 89.4 Å². The summed E-state index contributed by atoms with van der Waals surface area (Å²) in [5.41, 5.74) is 4.11. The van der Waals surface area contributed by atoms with E-state index in [4.69, 9.17) is 16.3 Å². The van der Waals surface area contributed by atoms with Gasteiger partial charge in [0.05, 0.1) is 17.7 Å². The van der Waals surface area contributed by atoms with Crippen LogP contribution in [-0.2, 0) is 14.8 Å². The first kappa shape index (κ1) is 24.3. The summed E-state index contributed by atoms with van der Waals surface area (Å²) >= 11 is 5.89. The zero-order valence-electron chi connectivity index (χ0n) is 18.4. The highest BCUT2D eigenvalue weighted by Gasteiger charge is 2.29. The number of nitrogens with one attached hydrogen (secondary N) is 1. The molecule has 1 amide bonds. The van der Waals surface area contributed by atoms with E-state index in [-0.39, 0.29) is 0 Å². The van der Waals surface area contributed by atoms with Crippen molar-refractivity contribution in [3.8, 4) is 11.5 Å². The van der Waals surface area contributed by atoms with Crippen molar-refractivity contribution in [2.45, 2.75) is 19.9 Å². The van der Waals surface area contributed by atoms with Gasteiger partial charge in [0.25, 0.3) is 5.91 Å². The molecule has 0 unspecified atom stereocenters. The molecule has 0 aromatic heterocycles. The van der Waals surface area contributed by atoms with E-state index in [9.17, 15) is 13.2 Å². The van der Waals surface area contributed by atoms with Gasteiger partial charge in [-0.25, -0.2) is 13.8 Å². The maximum Gasteiger partial charge on any atom is 0.263 e. The summed E-state index contributed by atoms with van der Waals surface area (Å²) < 4.78 is 31.8. The van der Waals surface area contributed by atoms with Crippen LogP contribution in [-0.4, -0.2) is 32.3 Å². The average Bonchev–Trinajstić information content (AvgIpc) is 2.78. The summed E-state index contributed by atoms with van der Waals surface area (Å²) in [6.07, 6.45) is 1.05. The number of rotatable bonds is 8. The van der Waals surface area contributed by atoms with Gasteiger partial charge in [0.2, 0.25) is 10.0 Å². The number of sulfonamides is 1. The van der Waals surface area contributed by atoms with E-state index < -0.39 is 22.0 Å². The van der Waals surface area contributed by atoms with Gasteiger partial charge in [0, 0.05) is 5.02 Å². The Morgan fingerprint density at radius 3 is 2.12 bits per heavy atom. The number of anilines is 1. The molecule has 172 valence electrons. The molecular weight excluding hydrogens is 462 g/mol. The summed E-state index contributed by atoms with van der Waals surface area (Å²) in [6, 6.07) is 21.6. The Balaban J connectivity index is 1.75. The Morgan fingerprint density at radius 2 is 1.55 bits per heavy atom. The number of amides is 1. The molecule has 33 heavy (non-hydrogen) atoms. The van der Waals surface area contributed by atoms with Crippen LogP contribution < -0.4 is 14.5 Å². The minimum Gasteiger partial charge on any atom is -0.457 e. The smallest absolute Gasteiger partial charge is 0.263 e. The number of hydrogen-bond donors (Lipinski definition) is 1. The predicted octanol–water partition coefficient (Wildman–Crippen LogP) is 4.83. The SMILES string of the molecule is C/C(=N/NC(=O)[C@H](C)N(c1ccc(Oc2ccccc2)cc1)S(C)(=O)=O)c1ccc(Cl)cc1. The van der Waals surface area contributed by atoms with Crippen LogP contribution >= 0.6 is 11.6 Å². The highest BCUT2D eigenvalue weighted by Crippen LogP contribution is 2.27. The molecule has 0 aliphatic rings. The number of ether oxygens (including phenoxy) is 1. The van der Waals surface area contributed by atoms with Gasteiger partial charge in [0.15, 0.2) is 0 Å². The van der Waals surface area contributed by atoms with Crippen molar-refractivity contribution >= 4 is 38.9 Å². The van der Waals surface area contributed by atoms with E-state index in [1.54, 1.807) is 55.5 Å². The minimum atomic E-state index is -3.76. The monoisotopic (exact) mass is 485 g/mol. The number of carbonyl (C=O) groups is 1. The van der Waals surface area contributed by atoms with Crippen LogP contribution in [0.2, 0.25) is 5.02 Å². The van der Waals surface area contributed by atoms with Crippen LogP contribution in [0.4, 0.5) is 5.69 Å². The van der Waals surface area contributed by atoms with Gasteiger partial charge in [-0.1, -0.05) is 41.9 Å². The lowest BCUT2D eigenvalue weighted by molar-refractivity contribution is -0.121. The van der Waals surface area contributed by atoms with Crippen molar-refractivity contribution in [3.63, 3.8) is 0 Å². The highest BCUT2D eigenvalue weighted by atomic mass is 35.5. The third-order valence-corrected chi connectivity index (χ3v) is 6.25.